The summed E-state index contributed by atoms with van der Waals surface area (Å²) in [5.74, 6) is 0. The first-order valence-electron chi connectivity index (χ1n) is 33.3. The van der Waals surface area contributed by atoms with Gasteiger partial charge in [0.05, 0.1) is 0 Å². The van der Waals surface area contributed by atoms with Crippen molar-refractivity contribution in [3.8, 4) is 0 Å². The van der Waals surface area contributed by atoms with Gasteiger partial charge in [-0.3, -0.25) is 0 Å². The molecule has 0 N–H and O–H groups in total. The quantitative estimate of drug-likeness (QED) is 0.0533. The van der Waals surface area contributed by atoms with Gasteiger partial charge in [0.2, 0.25) is 0 Å². The molecule has 0 fully saturated rings. The van der Waals surface area contributed by atoms with E-state index >= 15 is 0 Å². The highest BCUT2D eigenvalue weighted by Crippen LogP contribution is 2.30. The van der Waals surface area contributed by atoms with Crippen molar-refractivity contribution in [2.24, 2.45) is 0 Å². The van der Waals surface area contributed by atoms with Crippen LogP contribution in [0.1, 0.15) is 0 Å². The van der Waals surface area contributed by atoms with E-state index in [0.717, 1.165) is 7.06 Å². The molecule has 0 unspecified atom stereocenters. The standard InChI is InChI=1S/B101/c1-52-78(53(2)3)91(79(54(4)5)55(6)7)97(90(76(48)49)77(50)51)100(96(88(72(40)41)73(42)43)89(74(44)45)75(46)47)101(98(92(80(56(8)9)57(10)11)81(58(12)13)59(14)15)93(82(60(16)17)61(18)19)83(62(20)21)63(22)23)99(94(84(64(24)25)65(26)27)85(66(28)29)67(30)31)95(86(68(32)33)69(34)35)87(70(36)37)71(38)39. The van der Waals surface area contributed by atoms with Crippen LogP contribution < -0.4 is 0 Å². The number of hydrogen-bond donors (Lipinski definition) is 0. The lowest BCUT2D eigenvalue weighted by Crippen LogP contribution is -3.01. The summed E-state index contributed by atoms with van der Waals surface area (Å²) in [5.41, 5.74) is 0. The molecule has 101 heavy (non-hydrogen) atoms. The molecule has 0 amide bonds. The summed E-state index contributed by atoms with van der Waals surface area (Å²) in [6.07, 6.45) is -93.0. The maximum absolute atomic E-state index is 7.25. The highest BCUT2D eigenvalue weighted by atomic mass is 13.5. The molecule has 0 aromatic carbocycles. The predicted octanol–water partition coefficient (Wildman–Crippen LogP) is -38.5. The van der Waals surface area contributed by atoms with E-state index in [1.807, 2.05) is 0 Å². The Labute approximate surface area is 707 Å². The van der Waals surface area contributed by atoms with Gasteiger partial charge < -0.3 is 0 Å². The van der Waals surface area contributed by atoms with E-state index in [4.69, 9.17) is 395 Å². The van der Waals surface area contributed by atoms with E-state index < -0.39 is 313 Å². The van der Waals surface area contributed by atoms with Crippen LogP contribution in [0, 0.1) is 0 Å². The summed E-state index contributed by atoms with van der Waals surface area (Å²) < 4.78 is 0. The smallest absolute Gasteiger partial charge is 0 e. The summed E-state index contributed by atoms with van der Waals surface area (Å²) in [6.45, 7) is 0. The molecule has 103 radical (unpaired) electrons. The van der Waals surface area contributed by atoms with E-state index in [1.54, 1.807) is 0 Å². The molecule has 303 valence electrons. The van der Waals surface area contributed by atoms with E-state index in [9.17, 15) is 0 Å². The molecule has 101 heteroatoms. The molecule has 0 aromatic heterocycles. The van der Waals surface area contributed by atoms with Gasteiger partial charge in [-0.05, 0) is 0 Å². The highest BCUT2D eigenvalue weighted by molar-refractivity contribution is 8.44. The second-order valence-electron chi connectivity index (χ2n) is 28.5. The molecule has 0 aliphatic heterocycles. The van der Waals surface area contributed by atoms with Gasteiger partial charge in [-0.2, -0.15) is 0 Å². The minimum Gasteiger partial charge on any atom is 0 e. The zero-order valence-corrected chi connectivity index (χ0v) is 58.3. The van der Waals surface area contributed by atoms with Crippen LogP contribution >= 0.6 is 0 Å². The number of rotatable bonds is 49. The third kappa shape index (κ3) is 29.0. The van der Waals surface area contributed by atoms with Gasteiger partial charge in [0.15, 0.2) is 0 Å². The summed E-state index contributed by atoms with van der Waals surface area (Å²) in [4.78, 5) is 0. The van der Waals surface area contributed by atoms with Crippen LogP contribution in [0.3, 0.4) is 0 Å². The topological polar surface area (TPSA) is 0 Å². The van der Waals surface area contributed by atoms with Gasteiger partial charge in [-0.1, -0.05) is 0 Å². The van der Waals surface area contributed by atoms with E-state index in [1.165, 1.54) is 0 Å². The first-order valence-corrected chi connectivity index (χ1v) is 33.3. The lowest BCUT2D eigenvalue weighted by atomic mass is 8.18. The average molecular weight is 1090 g/mol. The fraction of sp³-hybridized carbons (Fsp3) is 0. The van der Waals surface area contributed by atoms with Gasteiger partial charge >= 0.3 is 0 Å². The fourth-order valence-corrected chi connectivity index (χ4v) is 18.2. The van der Waals surface area contributed by atoms with Crippen molar-refractivity contribution in [3.05, 3.63) is 0 Å². The molecule has 0 atom stereocenters. The van der Waals surface area contributed by atoms with Crippen molar-refractivity contribution in [1.82, 2.24) is 0 Å². The van der Waals surface area contributed by atoms with Gasteiger partial charge in [0.25, 0.3) is 0 Å². The Morgan fingerprint density at radius 2 is 0.158 bits per heavy atom. The van der Waals surface area contributed by atoms with E-state index in [-0.39, 0.29) is 0 Å². The highest BCUT2D eigenvalue weighted by Gasteiger charge is 2.69. The third-order valence-corrected chi connectivity index (χ3v) is 21.6. The van der Waals surface area contributed by atoms with Crippen LogP contribution in [-0.4, -0.2) is 715 Å². The molecule has 0 rings (SSSR count). The van der Waals surface area contributed by atoms with Crippen LogP contribution in [0.2, 0.25) is 0 Å². The van der Waals surface area contributed by atoms with Crippen molar-refractivity contribution < 1.29 is 0 Å². The minimum atomic E-state index is -2.33. The Morgan fingerprint density at radius 1 is 0.0891 bits per heavy atom. The maximum Gasteiger partial charge on any atom is 0 e. The molecule has 0 aliphatic carbocycles. The molecule has 0 saturated heterocycles. The SMILES string of the molecule is [B][B]B(B([B])[B])B(B(B([B])[B])B([B])[B])B(B(B([B])[B])B([B])[B])B(B(B(B([B])[B])B([B])[B])B(B([B])[B])B([B])[B])B(B(B(B(B([B])[B])B([B])[B])B(B([B])[B])B([B])[B])B(B(B([B])[B])B([B])[B])B(B([B])[B])B([B])[B])B(B(B(B([B])[B])B([B])[B])B(B([B])[B])B([B])[B])B(B(B([B])[B])B([B])[B])B(B([B])[B])B([B])[B]. The Kier molecular flexibility index (Phi) is 52.9. The molecule has 0 spiro atoms. The van der Waals surface area contributed by atoms with Gasteiger partial charge in [0.1, 0.15) is 0 Å². The number of hydrogen-bond acceptors (Lipinski definition) is 0. The van der Waals surface area contributed by atoms with Gasteiger partial charge in [-0.25, -0.2) is 0 Å². The van der Waals surface area contributed by atoms with Crippen LogP contribution in [0.5, 0.6) is 0 Å². The predicted molar refractivity (Wildman–Crippen MR) is 581 cm³/mol. The van der Waals surface area contributed by atoms with E-state index in [2.05, 4.69) is 0 Å². The molecule has 0 aromatic rings. The molecule has 0 saturated carbocycles. The van der Waals surface area contributed by atoms with Crippen molar-refractivity contribution in [3.63, 3.8) is 0 Å². The van der Waals surface area contributed by atoms with Crippen molar-refractivity contribution in [2.75, 3.05) is 0 Å². The van der Waals surface area contributed by atoms with Crippen LogP contribution in [0.4, 0.5) is 0 Å². The zero-order chi connectivity index (χ0) is 80.0. The monoisotopic (exact) mass is 1110 g/mol. The molecular weight excluding hydrogens is 1090 g/mol. The van der Waals surface area contributed by atoms with Crippen molar-refractivity contribution >= 4 is 715 Å². The second-order valence-corrected chi connectivity index (χ2v) is 28.5. The van der Waals surface area contributed by atoms with Crippen LogP contribution in [0.15, 0.2) is 0 Å². The lowest BCUT2D eigenvalue weighted by Gasteiger charge is -2.63. The second kappa shape index (κ2) is 49.7. The zero-order valence-electron chi connectivity index (χ0n) is 58.3. The molecular formula is B101. The van der Waals surface area contributed by atoms with Crippen LogP contribution in [0.25, 0.3) is 0 Å². The summed E-state index contributed by atoms with van der Waals surface area (Å²) in [6, 6.07) is 0. The summed E-state index contributed by atoms with van der Waals surface area (Å²) >= 11 is 0. The molecule has 0 bridgehead atoms. The first kappa shape index (κ1) is 108. The normalized spacial score (nSPS) is 9.82. The maximum atomic E-state index is 7.25. The van der Waals surface area contributed by atoms with Gasteiger partial charge in [0, 0.05) is 715 Å². The van der Waals surface area contributed by atoms with E-state index in [0.29, 0.717) is 0 Å². The fourth-order valence-electron chi connectivity index (χ4n) is 18.2. The average Bonchev–Trinajstić information content (AvgIpc) is 0.709. The Hall–Kier alpha value is 6.56. The Morgan fingerprint density at radius 3 is 0.228 bits per heavy atom. The summed E-state index contributed by atoms with van der Waals surface area (Å²) in [5, 5.41) is 0. The van der Waals surface area contributed by atoms with Gasteiger partial charge in [-0.15, -0.1) is 0 Å². The molecule has 0 nitrogen and oxygen atoms in total. The third-order valence-electron chi connectivity index (χ3n) is 21.6. The molecule has 0 heterocycles. The largest absolute Gasteiger partial charge is 0 e. The Balaban J connectivity index is 14.8. The summed E-state index contributed by atoms with van der Waals surface area (Å²) in [7, 11) is 364. The van der Waals surface area contributed by atoms with Crippen LogP contribution in [-0.2, 0) is 0 Å². The van der Waals surface area contributed by atoms with Crippen molar-refractivity contribution in [1.29, 1.82) is 0 Å². The Bertz CT molecular complexity index is 1710. The first-order chi connectivity index (χ1) is 46.0. The lowest BCUT2D eigenvalue weighted by molar-refractivity contribution is 3.12. The van der Waals surface area contributed by atoms with Crippen molar-refractivity contribution in [2.45, 2.75) is 0 Å². The molecule has 0 aliphatic rings. The minimum absolute atomic E-state index is 1.03.